The molecule has 0 aliphatic heterocycles. The summed E-state index contributed by atoms with van der Waals surface area (Å²) in [5.41, 5.74) is 2.93. The van der Waals surface area contributed by atoms with Gasteiger partial charge in [-0.25, -0.2) is 0 Å². The molecule has 0 aliphatic carbocycles. The van der Waals surface area contributed by atoms with Gasteiger partial charge in [0.05, 0.1) is 0 Å². The summed E-state index contributed by atoms with van der Waals surface area (Å²) in [7, 11) is 0. The SMILES string of the molecule is CCc1c(CBr)sc2cccc(C)c12. The Kier molecular flexibility index (Phi) is 2.93. The monoisotopic (exact) mass is 268 g/mol. The van der Waals surface area contributed by atoms with E-state index in [0.717, 1.165) is 11.8 Å². The third-order valence-corrected chi connectivity index (χ3v) is 4.71. The average Bonchev–Trinajstić information content (AvgIpc) is 2.56. The van der Waals surface area contributed by atoms with Gasteiger partial charge < -0.3 is 0 Å². The second kappa shape index (κ2) is 4.03. The third-order valence-electron chi connectivity index (χ3n) is 2.58. The van der Waals surface area contributed by atoms with Crippen LogP contribution in [0.5, 0.6) is 0 Å². The Morgan fingerprint density at radius 3 is 2.79 bits per heavy atom. The zero-order valence-corrected chi connectivity index (χ0v) is 10.8. The second-order valence-electron chi connectivity index (χ2n) is 3.44. The van der Waals surface area contributed by atoms with Crippen LogP contribution in [0.1, 0.15) is 22.9 Å². The van der Waals surface area contributed by atoms with Crippen LogP contribution in [-0.2, 0) is 11.8 Å². The lowest BCUT2D eigenvalue weighted by molar-refractivity contribution is 1.14. The second-order valence-corrected chi connectivity index (χ2v) is 5.14. The topological polar surface area (TPSA) is 0 Å². The van der Waals surface area contributed by atoms with Crippen molar-refractivity contribution in [2.75, 3.05) is 0 Å². The highest BCUT2D eigenvalue weighted by Gasteiger charge is 2.10. The Labute approximate surface area is 97.1 Å². The van der Waals surface area contributed by atoms with Crippen LogP contribution < -0.4 is 0 Å². The number of halogens is 1. The number of benzene rings is 1. The molecule has 0 N–H and O–H groups in total. The summed E-state index contributed by atoms with van der Waals surface area (Å²) in [6.45, 7) is 4.44. The van der Waals surface area contributed by atoms with Gasteiger partial charge in [0.25, 0.3) is 0 Å². The third kappa shape index (κ3) is 1.51. The maximum Gasteiger partial charge on any atom is 0.0380 e. The van der Waals surface area contributed by atoms with Crippen LogP contribution in [0.4, 0.5) is 0 Å². The van der Waals surface area contributed by atoms with E-state index < -0.39 is 0 Å². The molecular formula is C12H13BrS. The average molecular weight is 269 g/mol. The van der Waals surface area contributed by atoms with Crippen LogP contribution in [0, 0.1) is 6.92 Å². The van der Waals surface area contributed by atoms with E-state index in [1.807, 2.05) is 11.3 Å². The summed E-state index contributed by atoms with van der Waals surface area (Å²) in [6, 6.07) is 6.57. The summed E-state index contributed by atoms with van der Waals surface area (Å²) in [6.07, 6.45) is 1.13. The van der Waals surface area contributed by atoms with Crippen molar-refractivity contribution in [3.05, 3.63) is 34.2 Å². The zero-order valence-electron chi connectivity index (χ0n) is 8.43. The lowest BCUT2D eigenvalue weighted by Crippen LogP contribution is -1.84. The molecule has 1 heterocycles. The summed E-state index contributed by atoms with van der Waals surface area (Å²) < 4.78 is 1.43. The summed E-state index contributed by atoms with van der Waals surface area (Å²) in [4.78, 5) is 1.48. The van der Waals surface area contributed by atoms with E-state index in [2.05, 4.69) is 48.0 Å². The fourth-order valence-corrected chi connectivity index (χ4v) is 3.83. The van der Waals surface area contributed by atoms with Gasteiger partial charge in [-0.3, -0.25) is 0 Å². The maximum atomic E-state index is 3.56. The highest BCUT2D eigenvalue weighted by Crippen LogP contribution is 2.34. The van der Waals surface area contributed by atoms with E-state index in [0.29, 0.717) is 0 Å². The van der Waals surface area contributed by atoms with Gasteiger partial charge >= 0.3 is 0 Å². The minimum atomic E-state index is 0.981. The summed E-state index contributed by atoms with van der Waals surface area (Å²) in [5.74, 6) is 0. The van der Waals surface area contributed by atoms with Gasteiger partial charge in [-0.05, 0) is 35.9 Å². The van der Waals surface area contributed by atoms with Crippen LogP contribution in [-0.4, -0.2) is 0 Å². The molecular weight excluding hydrogens is 256 g/mol. The molecule has 0 spiro atoms. The molecule has 2 heteroatoms. The van der Waals surface area contributed by atoms with Gasteiger partial charge in [0.1, 0.15) is 0 Å². The van der Waals surface area contributed by atoms with Crippen LogP contribution in [0.3, 0.4) is 0 Å². The number of hydrogen-bond acceptors (Lipinski definition) is 1. The van der Waals surface area contributed by atoms with Crippen molar-refractivity contribution >= 4 is 37.4 Å². The Morgan fingerprint density at radius 2 is 2.14 bits per heavy atom. The Morgan fingerprint density at radius 1 is 1.36 bits per heavy atom. The molecule has 2 aromatic rings. The molecule has 0 nitrogen and oxygen atoms in total. The van der Waals surface area contributed by atoms with Crippen molar-refractivity contribution in [2.45, 2.75) is 25.6 Å². The molecule has 0 bridgehead atoms. The minimum absolute atomic E-state index is 0.981. The fraction of sp³-hybridized carbons (Fsp3) is 0.333. The largest absolute Gasteiger partial charge is 0.139 e. The normalized spacial score (nSPS) is 11.1. The smallest absolute Gasteiger partial charge is 0.0380 e. The first-order valence-electron chi connectivity index (χ1n) is 4.83. The van der Waals surface area contributed by atoms with Gasteiger partial charge in [-0.15, -0.1) is 11.3 Å². The molecule has 0 aliphatic rings. The van der Waals surface area contributed by atoms with Crippen molar-refractivity contribution in [2.24, 2.45) is 0 Å². The Balaban J connectivity index is 2.81. The molecule has 1 aromatic heterocycles. The minimum Gasteiger partial charge on any atom is -0.139 e. The number of fused-ring (bicyclic) bond motifs is 1. The maximum absolute atomic E-state index is 3.56. The van der Waals surface area contributed by atoms with Crippen LogP contribution in [0.15, 0.2) is 18.2 Å². The van der Waals surface area contributed by atoms with Crippen molar-refractivity contribution in [1.82, 2.24) is 0 Å². The predicted molar refractivity (Wildman–Crippen MR) is 68.6 cm³/mol. The van der Waals surface area contributed by atoms with Crippen molar-refractivity contribution in [1.29, 1.82) is 0 Å². The summed E-state index contributed by atoms with van der Waals surface area (Å²) in [5, 5.41) is 2.46. The van der Waals surface area contributed by atoms with Gasteiger partial charge in [0, 0.05) is 14.9 Å². The highest BCUT2D eigenvalue weighted by molar-refractivity contribution is 9.08. The number of alkyl halides is 1. The molecule has 0 saturated heterocycles. The first kappa shape index (κ1) is 10.2. The van der Waals surface area contributed by atoms with E-state index >= 15 is 0 Å². The van der Waals surface area contributed by atoms with Gasteiger partial charge in [0.2, 0.25) is 0 Å². The zero-order chi connectivity index (χ0) is 10.1. The van der Waals surface area contributed by atoms with Gasteiger partial charge in [-0.2, -0.15) is 0 Å². The van der Waals surface area contributed by atoms with Crippen molar-refractivity contribution < 1.29 is 0 Å². The molecule has 0 saturated carbocycles. The highest BCUT2D eigenvalue weighted by atomic mass is 79.9. The first-order valence-corrected chi connectivity index (χ1v) is 6.77. The first-order chi connectivity index (χ1) is 6.77. The predicted octanol–water partition coefficient (Wildman–Crippen LogP) is 4.67. The fourth-order valence-electron chi connectivity index (χ4n) is 1.93. The molecule has 0 unspecified atom stereocenters. The Hall–Kier alpha value is -0.340. The van der Waals surface area contributed by atoms with Crippen molar-refractivity contribution in [3.8, 4) is 0 Å². The van der Waals surface area contributed by atoms with E-state index in [1.165, 1.54) is 26.1 Å². The standard InChI is InChI=1S/C12H13BrS/c1-3-9-11(7-13)14-10-6-4-5-8(2)12(9)10/h4-6H,3,7H2,1-2H3. The number of aryl methyl sites for hydroxylation is 2. The molecule has 0 radical (unpaired) electrons. The molecule has 0 amide bonds. The summed E-state index contributed by atoms with van der Waals surface area (Å²) >= 11 is 5.48. The molecule has 14 heavy (non-hydrogen) atoms. The van der Waals surface area contributed by atoms with E-state index in [4.69, 9.17) is 0 Å². The van der Waals surface area contributed by atoms with Crippen molar-refractivity contribution in [3.63, 3.8) is 0 Å². The lowest BCUT2D eigenvalue weighted by atomic mass is 10.0. The van der Waals surface area contributed by atoms with E-state index in [-0.39, 0.29) is 0 Å². The number of thiophene rings is 1. The lowest BCUT2D eigenvalue weighted by Gasteiger charge is -2.00. The molecule has 74 valence electrons. The number of rotatable bonds is 2. The quantitative estimate of drug-likeness (QED) is 0.695. The van der Waals surface area contributed by atoms with Crippen LogP contribution in [0.2, 0.25) is 0 Å². The number of hydrogen-bond donors (Lipinski definition) is 0. The van der Waals surface area contributed by atoms with E-state index in [9.17, 15) is 0 Å². The van der Waals surface area contributed by atoms with Gasteiger partial charge in [0.15, 0.2) is 0 Å². The molecule has 0 fully saturated rings. The Bertz CT molecular complexity index is 457. The van der Waals surface area contributed by atoms with Gasteiger partial charge in [-0.1, -0.05) is 35.0 Å². The molecule has 2 rings (SSSR count). The molecule has 1 aromatic carbocycles. The van der Waals surface area contributed by atoms with Crippen LogP contribution in [0.25, 0.3) is 10.1 Å². The van der Waals surface area contributed by atoms with E-state index in [1.54, 1.807) is 0 Å². The van der Waals surface area contributed by atoms with Crippen LogP contribution >= 0.6 is 27.3 Å². The molecule has 0 atom stereocenters.